The van der Waals surface area contributed by atoms with Crippen LogP contribution in [0.25, 0.3) is 0 Å². The molecule has 0 aromatic rings. The van der Waals surface area contributed by atoms with Crippen molar-refractivity contribution in [2.24, 2.45) is 0 Å². The number of unbranched alkanes of at least 4 members (excludes halogenated alkanes) is 7. The van der Waals surface area contributed by atoms with Crippen LogP contribution in [0.15, 0.2) is 11.6 Å². The zero-order chi connectivity index (χ0) is 9.94. The number of halogens is 1. The Bertz CT molecular complexity index is 118. The van der Waals surface area contributed by atoms with Gasteiger partial charge in [0.05, 0.1) is 0 Å². The lowest BCUT2D eigenvalue weighted by atomic mass is 10.1. The highest BCUT2D eigenvalue weighted by molar-refractivity contribution is 6.29. The molecule has 0 bridgehead atoms. The molecule has 0 spiro atoms. The molecule has 0 saturated heterocycles. The molecule has 0 radical (unpaired) electrons. The van der Waals surface area contributed by atoms with Gasteiger partial charge < -0.3 is 0 Å². The molecule has 0 aromatic carbocycles. The van der Waals surface area contributed by atoms with Gasteiger partial charge in [-0.05, 0) is 12.8 Å². The monoisotopic (exact) mass is 202 g/mol. The van der Waals surface area contributed by atoms with Gasteiger partial charge in [-0.3, -0.25) is 0 Å². The van der Waals surface area contributed by atoms with Crippen molar-refractivity contribution >= 4 is 11.6 Å². The minimum Gasteiger partial charge on any atom is -0.0898 e. The molecule has 0 fully saturated rings. The summed E-state index contributed by atoms with van der Waals surface area (Å²) < 4.78 is 0. The van der Waals surface area contributed by atoms with E-state index in [-0.39, 0.29) is 0 Å². The summed E-state index contributed by atoms with van der Waals surface area (Å²) in [6.45, 7) is 5.93. The third-order valence-electron chi connectivity index (χ3n) is 2.30. The van der Waals surface area contributed by atoms with Crippen LogP contribution in [0.5, 0.6) is 0 Å². The van der Waals surface area contributed by atoms with Crippen molar-refractivity contribution in [2.75, 3.05) is 0 Å². The summed E-state index contributed by atoms with van der Waals surface area (Å²) in [5, 5.41) is 0.811. The first-order chi connectivity index (χ1) is 6.27. The maximum absolute atomic E-state index is 5.66. The SMILES string of the molecule is C=C(Cl)CCCCCCCCCC. The third-order valence-corrected chi connectivity index (χ3v) is 2.49. The van der Waals surface area contributed by atoms with Crippen LogP contribution >= 0.6 is 11.6 Å². The van der Waals surface area contributed by atoms with E-state index in [9.17, 15) is 0 Å². The van der Waals surface area contributed by atoms with Gasteiger partial charge in [-0.1, -0.05) is 70.0 Å². The molecule has 0 rings (SSSR count). The summed E-state index contributed by atoms with van der Waals surface area (Å²) >= 11 is 5.66. The number of hydrogen-bond donors (Lipinski definition) is 0. The lowest BCUT2D eigenvalue weighted by Gasteiger charge is -2.00. The van der Waals surface area contributed by atoms with Crippen LogP contribution in [0.3, 0.4) is 0 Å². The Labute approximate surface area is 88.4 Å². The fraction of sp³-hybridized carbons (Fsp3) is 0.833. The maximum atomic E-state index is 5.66. The van der Waals surface area contributed by atoms with E-state index in [1.54, 1.807) is 0 Å². The van der Waals surface area contributed by atoms with Gasteiger partial charge in [-0.15, -0.1) is 0 Å². The molecule has 0 amide bonds. The standard InChI is InChI=1S/C12H23Cl/c1-3-4-5-6-7-8-9-10-11-12(2)13/h2-11H2,1H3. The van der Waals surface area contributed by atoms with Crippen molar-refractivity contribution in [3.63, 3.8) is 0 Å². The van der Waals surface area contributed by atoms with E-state index in [0.29, 0.717) is 0 Å². The molecule has 0 aliphatic carbocycles. The van der Waals surface area contributed by atoms with Crippen molar-refractivity contribution in [3.05, 3.63) is 11.6 Å². The van der Waals surface area contributed by atoms with Crippen LogP contribution in [-0.4, -0.2) is 0 Å². The Morgan fingerprint density at radius 2 is 1.38 bits per heavy atom. The Morgan fingerprint density at radius 1 is 0.923 bits per heavy atom. The molecule has 13 heavy (non-hydrogen) atoms. The molecule has 0 nitrogen and oxygen atoms in total. The highest BCUT2D eigenvalue weighted by Crippen LogP contribution is 2.13. The summed E-state index contributed by atoms with van der Waals surface area (Å²) in [6, 6.07) is 0. The Kier molecular flexibility index (Phi) is 10.1. The summed E-state index contributed by atoms with van der Waals surface area (Å²) in [5.74, 6) is 0. The Hall–Kier alpha value is 0.0300. The first kappa shape index (κ1) is 13.0. The fourth-order valence-corrected chi connectivity index (χ4v) is 1.58. The topological polar surface area (TPSA) is 0 Å². The largest absolute Gasteiger partial charge is 0.0898 e. The number of allylic oxidation sites excluding steroid dienone is 1. The molecule has 0 unspecified atom stereocenters. The predicted molar refractivity (Wildman–Crippen MR) is 62.2 cm³/mol. The van der Waals surface area contributed by atoms with Crippen LogP contribution in [0.1, 0.15) is 64.7 Å². The molecule has 0 heterocycles. The normalized spacial score (nSPS) is 10.3. The first-order valence-corrected chi connectivity index (χ1v) is 5.98. The van der Waals surface area contributed by atoms with Gasteiger partial charge in [-0.25, -0.2) is 0 Å². The van der Waals surface area contributed by atoms with Crippen molar-refractivity contribution in [1.29, 1.82) is 0 Å². The lowest BCUT2D eigenvalue weighted by molar-refractivity contribution is 0.577. The Morgan fingerprint density at radius 3 is 1.85 bits per heavy atom. The van der Waals surface area contributed by atoms with Gasteiger partial charge in [0.25, 0.3) is 0 Å². The average molecular weight is 203 g/mol. The van der Waals surface area contributed by atoms with Crippen LogP contribution in [0, 0.1) is 0 Å². The zero-order valence-electron chi connectivity index (χ0n) is 8.95. The van der Waals surface area contributed by atoms with E-state index >= 15 is 0 Å². The molecule has 0 aliphatic rings. The minimum atomic E-state index is 0.811. The van der Waals surface area contributed by atoms with Gasteiger partial charge in [0, 0.05) is 5.03 Å². The second-order valence-corrected chi connectivity index (χ2v) is 4.28. The van der Waals surface area contributed by atoms with Crippen molar-refractivity contribution < 1.29 is 0 Å². The Balaban J connectivity index is 2.87. The summed E-state index contributed by atoms with van der Waals surface area (Å²) in [7, 11) is 0. The molecule has 0 saturated carbocycles. The lowest BCUT2D eigenvalue weighted by Crippen LogP contribution is -1.80. The zero-order valence-corrected chi connectivity index (χ0v) is 9.70. The average Bonchev–Trinajstić information content (AvgIpc) is 2.09. The summed E-state index contributed by atoms with van der Waals surface area (Å²) in [5.41, 5.74) is 0. The second kappa shape index (κ2) is 10.1. The quantitative estimate of drug-likeness (QED) is 0.447. The molecular weight excluding hydrogens is 180 g/mol. The van der Waals surface area contributed by atoms with Crippen LogP contribution in [0.4, 0.5) is 0 Å². The van der Waals surface area contributed by atoms with Crippen LogP contribution in [0.2, 0.25) is 0 Å². The predicted octanol–water partition coefficient (Wildman–Crippen LogP) is 5.27. The first-order valence-electron chi connectivity index (χ1n) is 5.60. The molecular formula is C12H23Cl. The van der Waals surface area contributed by atoms with Gasteiger partial charge in [0.2, 0.25) is 0 Å². The van der Waals surface area contributed by atoms with Gasteiger partial charge in [-0.2, -0.15) is 0 Å². The van der Waals surface area contributed by atoms with Gasteiger partial charge in [0.1, 0.15) is 0 Å². The minimum absolute atomic E-state index is 0.811. The van der Waals surface area contributed by atoms with E-state index in [2.05, 4.69) is 13.5 Å². The van der Waals surface area contributed by atoms with Crippen molar-refractivity contribution in [3.8, 4) is 0 Å². The van der Waals surface area contributed by atoms with E-state index < -0.39 is 0 Å². The second-order valence-electron chi connectivity index (χ2n) is 3.74. The fourth-order valence-electron chi connectivity index (χ4n) is 1.45. The van der Waals surface area contributed by atoms with Gasteiger partial charge >= 0.3 is 0 Å². The van der Waals surface area contributed by atoms with Gasteiger partial charge in [0.15, 0.2) is 0 Å². The third kappa shape index (κ3) is 12.0. The molecule has 1 heteroatoms. The van der Waals surface area contributed by atoms with E-state index in [4.69, 9.17) is 11.6 Å². The molecule has 0 atom stereocenters. The molecule has 0 aromatic heterocycles. The molecule has 0 aliphatic heterocycles. The van der Waals surface area contributed by atoms with E-state index in [1.807, 2.05) is 0 Å². The van der Waals surface area contributed by atoms with E-state index in [1.165, 1.54) is 51.4 Å². The van der Waals surface area contributed by atoms with Crippen LogP contribution in [-0.2, 0) is 0 Å². The highest BCUT2D eigenvalue weighted by atomic mass is 35.5. The summed E-state index contributed by atoms with van der Waals surface area (Å²) in [4.78, 5) is 0. The van der Waals surface area contributed by atoms with Crippen molar-refractivity contribution in [2.45, 2.75) is 64.7 Å². The van der Waals surface area contributed by atoms with Crippen molar-refractivity contribution in [1.82, 2.24) is 0 Å². The molecule has 0 N–H and O–H groups in total. The number of hydrogen-bond acceptors (Lipinski definition) is 0. The highest BCUT2D eigenvalue weighted by Gasteiger charge is 1.92. The maximum Gasteiger partial charge on any atom is 0.0109 e. The number of rotatable bonds is 9. The van der Waals surface area contributed by atoms with Crippen LogP contribution < -0.4 is 0 Å². The smallest absolute Gasteiger partial charge is 0.0109 e. The summed E-state index contributed by atoms with van der Waals surface area (Å²) in [6.07, 6.45) is 11.9. The van der Waals surface area contributed by atoms with E-state index in [0.717, 1.165) is 11.5 Å². The molecule has 78 valence electrons.